The average Bonchev–Trinajstić information content (AvgIpc) is 2.92. The molecule has 3 N–H and O–H groups in total. The van der Waals surface area contributed by atoms with Crippen molar-refractivity contribution in [1.29, 1.82) is 0 Å². The molecule has 3 aromatic rings. The number of esters is 1. The number of carbonyl (C=O) groups excluding carboxylic acids is 1. The van der Waals surface area contributed by atoms with Crippen molar-refractivity contribution in [3.05, 3.63) is 101 Å². The van der Waals surface area contributed by atoms with Gasteiger partial charge in [-0.25, -0.2) is 4.39 Å². The van der Waals surface area contributed by atoms with Crippen molar-refractivity contribution in [1.82, 2.24) is 4.98 Å². The van der Waals surface area contributed by atoms with E-state index in [0.29, 0.717) is 35.5 Å². The Morgan fingerprint density at radius 2 is 1.81 bits per heavy atom. The minimum atomic E-state index is -0.583. The van der Waals surface area contributed by atoms with Crippen LogP contribution in [0.3, 0.4) is 0 Å². The summed E-state index contributed by atoms with van der Waals surface area (Å²) in [7, 11) is 0. The highest BCUT2D eigenvalue weighted by atomic mass is 19.1. The van der Waals surface area contributed by atoms with Crippen LogP contribution in [0.1, 0.15) is 50.4 Å². The number of hydrogen-bond acceptors (Lipinski definition) is 6. The number of pyridine rings is 1. The lowest BCUT2D eigenvalue weighted by Gasteiger charge is -2.16. The molecule has 0 aliphatic heterocycles. The molecule has 0 fully saturated rings. The van der Waals surface area contributed by atoms with E-state index < -0.39 is 5.82 Å². The smallest absolute Gasteiger partial charge is 0.310 e. The van der Waals surface area contributed by atoms with Crippen molar-refractivity contribution < 1.29 is 23.8 Å². The van der Waals surface area contributed by atoms with Crippen LogP contribution in [0.2, 0.25) is 0 Å². The largest absolute Gasteiger partial charge is 0.512 e. The molecule has 194 valence electrons. The molecule has 0 bridgehead atoms. The normalized spacial score (nSPS) is 12.2. The third-order valence-corrected chi connectivity index (χ3v) is 5.80. The van der Waals surface area contributed by atoms with Crippen molar-refractivity contribution in [3.8, 4) is 16.9 Å². The van der Waals surface area contributed by atoms with Crippen LogP contribution in [0.5, 0.6) is 5.75 Å². The van der Waals surface area contributed by atoms with Gasteiger partial charge in [-0.2, -0.15) is 0 Å². The minimum Gasteiger partial charge on any atom is -0.512 e. The summed E-state index contributed by atoms with van der Waals surface area (Å²) in [5.74, 6) is 0.0268. The highest BCUT2D eigenvalue weighted by molar-refractivity contribution is 5.77. The molecule has 0 saturated heterocycles. The number of allylic oxidation sites excluding steroid dienone is 4. The van der Waals surface area contributed by atoms with Crippen LogP contribution >= 0.6 is 0 Å². The van der Waals surface area contributed by atoms with E-state index in [-0.39, 0.29) is 42.6 Å². The summed E-state index contributed by atoms with van der Waals surface area (Å²) < 4.78 is 26.6. The lowest BCUT2D eigenvalue weighted by atomic mass is 10.0. The number of hydrogen-bond donors (Lipinski definition) is 2. The van der Waals surface area contributed by atoms with E-state index in [2.05, 4.69) is 4.98 Å². The highest BCUT2D eigenvalue weighted by Gasteiger charge is 2.17. The van der Waals surface area contributed by atoms with Gasteiger partial charge >= 0.3 is 5.97 Å². The number of benzene rings is 2. The first-order valence-corrected chi connectivity index (χ1v) is 12.4. The third kappa shape index (κ3) is 7.05. The molecule has 7 heteroatoms. The fraction of sp³-hybridized carbons (Fsp3) is 0.267. The van der Waals surface area contributed by atoms with Gasteiger partial charge < -0.3 is 20.3 Å². The summed E-state index contributed by atoms with van der Waals surface area (Å²) in [4.78, 5) is 16.3. The molecule has 37 heavy (non-hydrogen) atoms. The Bertz CT molecular complexity index is 1290. The fourth-order valence-electron chi connectivity index (χ4n) is 3.82. The zero-order valence-electron chi connectivity index (χ0n) is 21.5. The van der Waals surface area contributed by atoms with Crippen molar-refractivity contribution >= 4 is 11.5 Å². The second-order valence-corrected chi connectivity index (χ2v) is 8.27. The zero-order chi connectivity index (χ0) is 26.8. The number of halogens is 1. The van der Waals surface area contributed by atoms with Gasteiger partial charge in [-0.15, -0.1) is 0 Å². The first-order valence-electron chi connectivity index (χ1n) is 12.4. The summed E-state index contributed by atoms with van der Waals surface area (Å²) in [6.45, 7) is 5.65. The molecule has 0 aliphatic rings. The van der Waals surface area contributed by atoms with Gasteiger partial charge in [0.1, 0.15) is 11.5 Å². The topological polar surface area (TPSA) is 94.7 Å². The van der Waals surface area contributed by atoms with E-state index in [1.165, 1.54) is 12.3 Å². The maximum Gasteiger partial charge on any atom is 0.310 e. The van der Waals surface area contributed by atoms with Crippen LogP contribution in [0.4, 0.5) is 4.39 Å². The van der Waals surface area contributed by atoms with Crippen molar-refractivity contribution in [3.63, 3.8) is 0 Å². The number of aromatic nitrogens is 1. The number of rotatable bonds is 11. The number of nitrogens with two attached hydrogens (primary N) is 1. The van der Waals surface area contributed by atoms with E-state index in [9.17, 15) is 9.90 Å². The van der Waals surface area contributed by atoms with Gasteiger partial charge in [-0.1, -0.05) is 56.3 Å². The molecule has 3 rings (SSSR count). The Hall–Kier alpha value is -3.97. The zero-order valence-corrected chi connectivity index (χ0v) is 21.5. The number of nitrogens with zero attached hydrogens (tertiary/aromatic N) is 1. The summed E-state index contributed by atoms with van der Waals surface area (Å²) in [6, 6.07) is 17.0. The molecule has 0 radical (unpaired) electrons. The second kappa shape index (κ2) is 13.4. The SMILES string of the molecule is CCOC(=O)Cc1ccc(-c2ccccc2)cc1O/C(=C/C(=C(/O)CC)c1ccnc(CN)c1F)CC. The van der Waals surface area contributed by atoms with Gasteiger partial charge in [0.05, 0.1) is 24.5 Å². The standard InChI is InChI=1S/C30H33FN2O4/c1-4-23(18-25(27(34)5-2)24-14-15-33-26(19-32)30(24)31)37-28-16-21(20-10-8-7-9-11-20)12-13-22(28)17-29(35)36-6-3/h7-16,18,34H,4-6,17,19,32H2,1-3H3/b23-18+,27-25-. The van der Waals surface area contributed by atoms with E-state index in [1.54, 1.807) is 19.9 Å². The Balaban J connectivity index is 2.08. The van der Waals surface area contributed by atoms with Gasteiger partial charge in [-0.3, -0.25) is 9.78 Å². The van der Waals surface area contributed by atoms with Gasteiger partial charge in [0.2, 0.25) is 0 Å². The Kier molecular flexibility index (Phi) is 9.98. The Morgan fingerprint density at radius 3 is 2.46 bits per heavy atom. The first-order chi connectivity index (χ1) is 17.9. The molecule has 2 aromatic carbocycles. The number of ether oxygens (including phenoxy) is 2. The molecule has 0 atom stereocenters. The van der Waals surface area contributed by atoms with Crippen LogP contribution in [-0.2, 0) is 22.5 Å². The molecule has 0 unspecified atom stereocenters. The van der Waals surface area contributed by atoms with E-state index >= 15 is 4.39 Å². The molecule has 0 spiro atoms. The molecule has 1 aromatic heterocycles. The predicted molar refractivity (Wildman–Crippen MR) is 143 cm³/mol. The quantitative estimate of drug-likeness (QED) is 0.176. The van der Waals surface area contributed by atoms with Crippen molar-refractivity contribution in [2.45, 2.75) is 46.6 Å². The highest BCUT2D eigenvalue weighted by Crippen LogP contribution is 2.32. The summed E-state index contributed by atoms with van der Waals surface area (Å²) in [6.07, 6.45) is 3.87. The average molecular weight is 505 g/mol. The Labute approximate surface area is 217 Å². The Morgan fingerprint density at radius 1 is 1.05 bits per heavy atom. The van der Waals surface area contributed by atoms with Gasteiger partial charge in [0.25, 0.3) is 0 Å². The third-order valence-electron chi connectivity index (χ3n) is 5.80. The van der Waals surface area contributed by atoms with Gasteiger partial charge in [0, 0.05) is 42.3 Å². The first kappa shape index (κ1) is 27.6. The lowest BCUT2D eigenvalue weighted by molar-refractivity contribution is -0.142. The monoisotopic (exact) mass is 504 g/mol. The van der Waals surface area contributed by atoms with Crippen molar-refractivity contribution in [2.24, 2.45) is 5.73 Å². The van der Waals surface area contributed by atoms with Gasteiger partial charge in [-0.05, 0) is 36.3 Å². The molecule has 1 heterocycles. The lowest BCUT2D eigenvalue weighted by Crippen LogP contribution is -2.09. The molecule has 0 saturated carbocycles. The molecular formula is C30H33FN2O4. The number of aliphatic hydroxyl groups excluding tert-OH is 1. The van der Waals surface area contributed by atoms with E-state index in [4.69, 9.17) is 15.2 Å². The van der Waals surface area contributed by atoms with Crippen LogP contribution in [-0.4, -0.2) is 22.7 Å². The maximum atomic E-state index is 15.1. The molecule has 0 aliphatic carbocycles. The fourth-order valence-corrected chi connectivity index (χ4v) is 3.82. The minimum absolute atomic E-state index is 0.00686. The van der Waals surface area contributed by atoms with Crippen LogP contribution < -0.4 is 10.5 Å². The molecule has 0 amide bonds. The maximum absolute atomic E-state index is 15.1. The van der Waals surface area contributed by atoms with Gasteiger partial charge in [0.15, 0.2) is 5.82 Å². The van der Waals surface area contributed by atoms with E-state index in [0.717, 1.165) is 11.1 Å². The van der Waals surface area contributed by atoms with Crippen LogP contribution in [0.25, 0.3) is 16.7 Å². The molecule has 6 nitrogen and oxygen atoms in total. The summed E-state index contributed by atoms with van der Waals surface area (Å²) >= 11 is 0. The van der Waals surface area contributed by atoms with E-state index in [1.807, 2.05) is 55.5 Å². The number of carbonyl (C=O) groups is 1. The summed E-state index contributed by atoms with van der Waals surface area (Å²) in [5, 5.41) is 10.7. The summed E-state index contributed by atoms with van der Waals surface area (Å²) in [5.41, 5.74) is 8.80. The van der Waals surface area contributed by atoms with Crippen LogP contribution in [0.15, 0.2) is 78.4 Å². The number of aliphatic hydroxyl groups is 1. The second-order valence-electron chi connectivity index (χ2n) is 8.27. The predicted octanol–water partition coefficient (Wildman–Crippen LogP) is 6.50. The van der Waals surface area contributed by atoms with Crippen LogP contribution in [0, 0.1) is 5.82 Å². The molecular weight excluding hydrogens is 471 g/mol. The van der Waals surface area contributed by atoms with Crippen molar-refractivity contribution in [2.75, 3.05) is 6.61 Å².